The van der Waals surface area contributed by atoms with E-state index in [1.54, 1.807) is 36.9 Å². The molecule has 9 heteroatoms. The van der Waals surface area contributed by atoms with Crippen LogP contribution >= 0.6 is 0 Å². The van der Waals surface area contributed by atoms with Crippen molar-refractivity contribution in [2.45, 2.75) is 13.3 Å². The number of amides is 2. The lowest BCUT2D eigenvalue weighted by molar-refractivity contribution is 0.252. The van der Waals surface area contributed by atoms with Gasteiger partial charge >= 0.3 is 6.03 Å². The van der Waals surface area contributed by atoms with Crippen molar-refractivity contribution in [2.24, 2.45) is 0 Å². The maximum atomic E-state index is 12.2. The minimum atomic E-state index is -0.305. The summed E-state index contributed by atoms with van der Waals surface area (Å²) >= 11 is 0. The van der Waals surface area contributed by atoms with Crippen LogP contribution in [0.4, 0.5) is 10.5 Å². The van der Waals surface area contributed by atoms with E-state index in [1.807, 2.05) is 31.2 Å². The van der Waals surface area contributed by atoms with Gasteiger partial charge in [-0.05, 0) is 55.0 Å². The molecular formula is C21H20N6O3. The largest absolute Gasteiger partial charge is 0.461 e. The number of carbonyl (C=O) groups is 1. The number of nitrogens with zero attached hydrogens (tertiary/aromatic N) is 3. The van der Waals surface area contributed by atoms with Crippen LogP contribution in [0.2, 0.25) is 0 Å². The van der Waals surface area contributed by atoms with Crippen molar-refractivity contribution in [1.29, 1.82) is 0 Å². The molecule has 0 fully saturated rings. The maximum absolute atomic E-state index is 12.2. The van der Waals surface area contributed by atoms with Crippen LogP contribution < -0.4 is 15.4 Å². The summed E-state index contributed by atoms with van der Waals surface area (Å²) < 4.78 is 11.1. The first-order chi connectivity index (χ1) is 14.7. The molecule has 0 spiro atoms. The summed E-state index contributed by atoms with van der Waals surface area (Å²) in [6.45, 7) is 2.31. The molecule has 0 unspecified atom stereocenters. The van der Waals surface area contributed by atoms with Gasteiger partial charge in [0.05, 0.1) is 12.5 Å². The second-order valence-corrected chi connectivity index (χ2v) is 6.48. The number of aryl methyl sites for hydroxylation is 1. The van der Waals surface area contributed by atoms with E-state index in [0.29, 0.717) is 47.6 Å². The van der Waals surface area contributed by atoms with Crippen LogP contribution in [0, 0.1) is 6.92 Å². The fourth-order valence-corrected chi connectivity index (χ4v) is 2.77. The maximum Gasteiger partial charge on any atom is 0.319 e. The highest BCUT2D eigenvalue weighted by Crippen LogP contribution is 2.26. The molecule has 0 bridgehead atoms. The molecule has 0 aliphatic carbocycles. The fourth-order valence-electron chi connectivity index (χ4n) is 2.77. The van der Waals surface area contributed by atoms with Crippen molar-refractivity contribution in [2.75, 3.05) is 11.9 Å². The third kappa shape index (κ3) is 4.82. The minimum absolute atomic E-state index is 0.305. The molecular weight excluding hydrogens is 384 g/mol. The molecule has 4 rings (SSSR count). The molecule has 30 heavy (non-hydrogen) atoms. The smallest absolute Gasteiger partial charge is 0.319 e. The molecule has 0 atom stereocenters. The van der Waals surface area contributed by atoms with E-state index in [0.717, 1.165) is 5.56 Å². The molecule has 152 valence electrons. The number of H-pyrrole nitrogens is 1. The predicted molar refractivity (Wildman–Crippen MR) is 110 cm³/mol. The molecule has 1 aromatic carbocycles. The molecule has 3 aromatic heterocycles. The molecule has 2 amide bonds. The predicted octanol–water partition coefficient (Wildman–Crippen LogP) is 3.92. The van der Waals surface area contributed by atoms with Crippen molar-refractivity contribution in [3.63, 3.8) is 0 Å². The van der Waals surface area contributed by atoms with Crippen LogP contribution in [0.25, 0.3) is 11.6 Å². The number of furan rings is 1. The van der Waals surface area contributed by atoms with Crippen LogP contribution in [0.1, 0.15) is 11.4 Å². The van der Waals surface area contributed by atoms with Gasteiger partial charge in [-0.1, -0.05) is 0 Å². The van der Waals surface area contributed by atoms with E-state index in [2.05, 4.69) is 30.8 Å². The van der Waals surface area contributed by atoms with Crippen LogP contribution in [0.15, 0.2) is 65.5 Å². The third-order valence-electron chi connectivity index (χ3n) is 4.22. The van der Waals surface area contributed by atoms with E-state index in [-0.39, 0.29) is 6.03 Å². The summed E-state index contributed by atoms with van der Waals surface area (Å²) in [5.74, 6) is 3.10. The summed E-state index contributed by atoms with van der Waals surface area (Å²) in [6.07, 6.45) is 5.41. The highest BCUT2D eigenvalue weighted by atomic mass is 16.5. The van der Waals surface area contributed by atoms with E-state index in [9.17, 15) is 4.79 Å². The molecule has 9 nitrogen and oxygen atoms in total. The lowest BCUT2D eigenvalue weighted by Crippen LogP contribution is -2.30. The Bertz CT molecular complexity index is 1110. The quantitative estimate of drug-likeness (QED) is 0.430. The Morgan fingerprint density at radius 3 is 2.93 bits per heavy atom. The van der Waals surface area contributed by atoms with Gasteiger partial charge in [0.1, 0.15) is 17.3 Å². The third-order valence-corrected chi connectivity index (χ3v) is 4.22. The second kappa shape index (κ2) is 8.91. The molecule has 3 heterocycles. The Morgan fingerprint density at radius 2 is 2.17 bits per heavy atom. The van der Waals surface area contributed by atoms with Crippen LogP contribution in [-0.4, -0.2) is 32.7 Å². The SMILES string of the molecule is Cc1cc(NC(=O)NCCc2nc(-c3ccco3)n[nH]2)ccc1Oc1cccnc1. The molecule has 0 radical (unpaired) electrons. The Kier molecular flexibility index (Phi) is 5.70. The Balaban J connectivity index is 1.26. The van der Waals surface area contributed by atoms with Gasteiger partial charge in [-0.2, -0.15) is 5.10 Å². The van der Waals surface area contributed by atoms with Gasteiger partial charge in [0.25, 0.3) is 0 Å². The number of nitrogens with one attached hydrogen (secondary N) is 3. The summed E-state index contributed by atoms with van der Waals surface area (Å²) in [6, 6.07) is 12.3. The number of ether oxygens (including phenoxy) is 1. The van der Waals surface area contributed by atoms with Gasteiger partial charge in [-0.15, -0.1) is 0 Å². The first kappa shape index (κ1) is 19.2. The van der Waals surface area contributed by atoms with Crippen molar-refractivity contribution in [3.05, 3.63) is 72.5 Å². The monoisotopic (exact) mass is 404 g/mol. The fraction of sp³-hybridized carbons (Fsp3) is 0.143. The Labute approximate surface area is 172 Å². The molecule has 0 saturated carbocycles. The lowest BCUT2D eigenvalue weighted by atomic mass is 10.2. The van der Waals surface area contributed by atoms with Gasteiger partial charge in [0, 0.05) is 24.8 Å². The first-order valence-electron chi connectivity index (χ1n) is 9.36. The number of hydrogen-bond acceptors (Lipinski definition) is 6. The summed E-state index contributed by atoms with van der Waals surface area (Å²) in [4.78, 5) is 20.5. The zero-order valence-electron chi connectivity index (χ0n) is 16.3. The normalized spacial score (nSPS) is 10.6. The second-order valence-electron chi connectivity index (χ2n) is 6.48. The molecule has 0 aliphatic heterocycles. The average molecular weight is 404 g/mol. The number of carbonyl (C=O) groups excluding carboxylic acids is 1. The number of anilines is 1. The van der Waals surface area contributed by atoms with E-state index in [4.69, 9.17) is 9.15 Å². The van der Waals surface area contributed by atoms with Gasteiger partial charge in [-0.3, -0.25) is 10.1 Å². The molecule has 0 aliphatic rings. The number of aromatic amines is 1. The van der Waals surface area contributed by atoms with Crippen LogP contribution in [-0.2, 0) is 6.42 Å². The van der Waals surface area contributed by atoms with Crippen LogP contribution in [0.3, 0.4) is 0 Å². The van der Waals surface area contributed by atoms with Crippen molar-refractivity contribution in [3.8, 4) is 23.1 Å². The number of urea groups is 1. The minimum Gasteiger partial charge on any atom is -0.461 e. The average Bonchev–Trinajstić information content (AvgIpc) is 3.43. The Hall–Kier alpha value is -4.14. The standard InChI is InChI=1S/C21H20N6O3/c1-14-12-15(6-7-17(14)30-16-4-2-9-22-13-16)24-21(28)23-10-8-19-25-20(27-26-19)18-5-3-11-29-18/h2-7,9,11-13H,8,10H2,1H3,(H2,23,24,28)(H,25,26,27). The van der Waals surface area contributed by atoms with Crippen molar-refractivity contribution < 1.29 is 13.9 Å². The van der Waals surface area contributed by atoms with E-state index >= 15 is 0 Å². The topological polar surface area (TPSA) is 118 Å². The molecule has 4 aromatic rings. The van der Waals surface area contributed by atoms with Gasteiger partial charge in [0.15, 0.2) is 5.76 Å². The number of rotatable bonds is 7. The zero-order valence-corrected chi connectivity index (χ0v) is 16.3. The van der Waals surface area contributed by atoms with E-state index in [1.165, 1.54) is 0 Å². The molecule has 3 N–H and O–H groups in total. The van der Waals surface area contributed by atoms with Gasteiger partial charge in [-0.25, -0.2) is 9.78 Å². The van der Waals surface area contributed by atoms with E-state index < -0.39 is 0 Å². The van der Waals surface area contributed by atoms with Gasteiger partial charge in [0.2, 0.25) is 5.82 Å². The zero-order chi connectivity index (χ0) is 20.8. The van der Waals surface area contributed by atoms with Gasteiger partial charge < -0.3 is 19.8 Å². The molecule has 0 saturated heterocycles. The van der Waals surface area contributed by atoms with Crippen molar-refractivity contribution in [1.82, 2.24) is 25.5 Å². The summed E-state index contributed by atoms with van der Waals surface area (Å²) in [5, 5.41) is 12.5. The Morgan fingerprint density at radius 1 is 1.23 bits per heavy atom. The summed E-state index contributed by atoms with van der Waals surface area (Å²) in [5.41, 5.74) is 1.56. The number of pyridine rings is 1. The number of aromatic nitrogens is 4. The van der Waals surface area contributed by atoms with Crippen molar-refractivity contribution >= 4 is 11.7 Å². The number of hydrogen-bond donors (Lipinski definition) is 3. The highest BCUT2D eigenvalue weighted by Gasteiger charge is 2.09. The lowest BCUT2D eigenvalue weighted by Gasteiger charge is -2.11. The van der Waals surface area contributed by atoms with Crippen LogP contribution in [0.5, 0.6) is 11.5 Å². The highest BCUT2D eigenvalue weighted by molar-refractivity contribution is 5.89. The summed E-state index contributed by atoms with van der Waals surface area (Å²) in [7, 11) is 0. The first-order valence-corrected chi connectivity index (χ1v) is 9.36. The number of benzene rings is 1.